The van der Waals surface area contributed by atoms with Gasteiger partial charge in [-0.1, -0.05) is 87.0 Å². The summed E-state index contributed by atoms with van der Waals surface area (Å²) in [4.78, 5) is 0. The van der Waals surface area contributed by atoms with Crippen molar-refractivity contribution in [3.8, 4) is 0 Å². The van der Waals surface area contributed by atoms with Crippen molar-refractivity contribution in [3.63, 3.8) is 0 Å². The summed E-state index contributed by atoms with van der Waals surface area (Å²) in [5.74, 6) is 7.01. The van der Waals surface area contributed by atoms with E-state index in [2.05, 4.69) is 48.5 Å². The maximum absolute atomic E-state index is 2.75. The molecule has 0 aromatic carbocycles. The zero-order chi connectivity index (χ0) is 20.5. The Balaban J connectivity index is 1.89. The maximum atomic E-state index is 2.75. The molecular weight excluding hydrogens is 336 g/mol. The smallest absolute Gasteiger partial charge is 0.0264 e. The van der Waals surface area contributed by atoms with E-state index in [4.69, 9.17) is 0 Å². The molecule has 3 saturated carbocycles. The summed E-state index contributed by atoms with van der Waals surface area (Å²) in [6.07, 6.45) is 17.7. The van der Waals surface area contributed by atoms with Gasteiger partial charge in [0.1, 0.15) is 0 Å². The largest absolute Gasteiger partial charge is 0.0654 e. The third kappa shape index (κ3) is 3.62. The van der Waals surface area contributed by atoms with Crippen LogP contribution in [0.2, 0.25) is 0 Å². The highest BCUT2D eigenvalue weighted by atomic mass is 14.7. The van der Waals surface area contributed by atoms with Crippen molar-refractivity contribution in [1.82, 2.24) is 0 Å². The molecule has 0 amide bonds. The van der Waals surface area contributed by atoms with Crippen molar-refractivity contribution in [2.75, 3.05) is 0 Å². The van der Waals surface area contributed by atoms with Crippen LogP contribution in [0.3, 0.4) is 0 Å². The Bertz CT molecular complexity index is 494. The predicted octanol–water partition coefficient (Wildman–Crippen LogP) is 9.13. The topological polar surface area (TPSA) is 0 Å². The molecule has 164 valence electrons. The normalized spacial score (nSPS) is 46.8. The van der Waals surface area contributed by atoms with Crippen LogP contribution in [-0.2, 0) is 0 Å². The fraction of sp³-hybridized carbons (Fsp3) is 1.00. The summed E-state index contributed by atoms with van der Waals surface area (Å²) in [5, 5.41) is 0. The van der Waals surface area contributed by atoms with Crippen molar-refractivity contribution < 1.29 is 0 Å². The Morgan fingerprint density at radius 1 is 0.893 bits per heavy atom. The molecule has 3 fully saturated rings. The van der Waals surface area contributed by atoms with E-state index in [-0.39, 0.29) is 0 Å². The lowest BCUT2D eigenvalue weighted by molar-refractivity contribution is -0.133. The van der Waals surface area contributed by atoms with Gasteiger partial charge in [0.05, 0.1) is 0 Å². The van der Waals surface area contributed by atoms with Gasteiger partial charge >= 0.3 is 0 Å². The second-order valence-electron chi connectivity index (χ2n) is 11.9. The summed E-state index contributed by atoms with van der Waals surface area (Å²) in [6.45, 7) is 17.9. The Labute approximate surface area is 178 Å². The van der Waals surface area contributed by atoms with Crippen LogP contribution in [0.5, 0.6) is 0 Å². The summed E-state index contributed by atoms with van der Waals surface area (Å²) in [7, 11) is 0. The summed E-state index contributed by atoms with van der Waals surface area (Å²) >= 11 is 0. The van der Waals surface area contributed by atoms with Crippen LogP contribution in [-0.4, -0.2) is 0 Å². The van der Waals surface area contributed by atoms with Crippen molar-refractivity contribution >= 4 is 0 Å². The predicted molar refractivity (Wildman–Crippen MR) is 124 cm³/mol. The fourth-order valence-electron chi connectivity index (χ4n) is 9.42. The van der Waals surface area contributed by atoms with Gasteiger partial charge in [0.2, 0.25) is 0 Å². The average Bonchev–Trinajstić information content (AvgIpc) is 3.03. The van der Waals surface area contributed by atoms with Gasteiger partial charge in [0, 0.05) is 0 Å². The van der Waals surface area contributed by atoms with Crippen molar-refractivity contribution in [3.05, 3.63) is 0 Å². The third-order valence-corrected chi connectivity index (χ3v) is 10.8. The Kier molecular flexibility index (Phi) is 7.30. The van der Waals surface area contributed by atoms with E-state index >= 15 is 0 Å². The molecule has 0 aliphatic heterocycles. The van der Waals surface area contributed by atoms with E-state index in [9.17, 15) is 0 Å². The molecule has 0 N–H and O–H groups in total. The number of unbranched alkanes of at least 4 members (excludes halogenated alkanes) is 1. The summed E-state index contributed by atoms with van der Waals surface area (Å²) < 4.78 is 0. The van der Waals surface area contributed by atoms with Crippen LogP contribution in [0.25, 0.3) is 0 Å². The van der Waals surface area contributed by atoms with E-state index in [1.165, 1.54) is 70.6 Å². The monoisotopic (exact) mass is 388 g/mol. The molecule has 28 heavy (non-hydrogen) atoms. The highest BCUT2D eigenvalue weighted by Crippen LogP contribution is 2.69. The molecule has 3 aliphatic rings. The molecule has 3 aliphatic carbocycles. The van der Waals surface area contributed by atoms with E-state index in [1.807, 2.05) is 0 Å². The number of fused-ring (bicyclic) bond motifs is 3. The molecular formula is C28H52. The van der Waals surface area contributed by atoms with E-state index in [0.717, 1.165) is 41.4 Å². The third-order valence-electron chi connectivity index (χ3n) is 10.8. The molecule has 0 saturated heterocycles. The highest BCUT2D eigenvalue weighted by molar-refractivity contribution is 5.10. The van der Waals surface area contributed by atoms with Crippen LogP contribution in [0.4, 0.5) is 0 Å². The number of hydrogen-bond acceptors (Lipinski definition) is 0. The van der Waals surface area contributed by atoms with Crippen LogP contribution < -0.4 is 0 Å². The standard InChI is InChI=1S/C28H52/c1-8-12-13-20(5)23-14-15-24-26-21(10-3)19-22(11-4)27(6,17-9-2)25(26)16-18-28(23,24)7/h20-26H,8-19H2,1-7H3. The molecule has 0 aromatic rings. The second kappa shape index (κ2) is 9.01. The SMILES string of the molecule is CCCCC(C)C1CCC2C3C(CC)CC(CC)C(C)(CCC)C3CCC12C. The van der Waals surface area contributed by atoms with Crippen LogP contribution in [0, 0.1) is 52.3 Å². The molecule has 0 radical (unpaired) electrons. The lowest BCUT2D eigenvalue weighted by Gasteiger charge is -2.62. The van der Waals surface area contributed by atoms with Crippen LogP contribution in [0.15, 0.2) is 0 Å². The van der Waals surface area contributed by atoms with Gasteiger partial charge in [-0.3, -0.25) is 0 Å². The molecule has 0 nitrogen and oxygen atoms in total. The van der Waals surface area contributed by atoms with Gasteiger partial charge in [0.15, 0.2) is 0 Å². The minimum atomic E-state index is 0.618. The van der Waals surface area contributed by atoms with Crippen molar-refractivity contribution in [2.24, 2.45) is 52.3 Å². The van der Waals surface area contributed by atoms with E-state index in [0.29, 0.717) is 10.8 Å². The van der Waals surface area contributed by atoms with E-state index < -0.39 is 0 Å². The minimum Gasteiger partial charge on any atom is -0.0654 e. The molecule has 0 aromatic heterocycles. The summed E-state index contributed by atoms with van der Waals surface area (Å²) in [5.41, 5.74) is 1.26. The Hall–Kier alpha value is 0. The van der Waals surface area contributed by atoms with Gasteiger partial charge in [-0.25, -0.2) is 0 Å². The molecule has 0 heterocycles. The fourth-order valence-corrected chi connectivity index (χ4v) is 9.42. The quantitative estimate of drug-likeness (QED) is 0.389. The van der Waals surface area contributed by atoms with E-state index in [1.54, 1.807) is 6.42 Å². The molecule has 0 bridgehead atoms. The zero-order valence-corrected chi connectivity index (χ0v) is 20.5. The number of rotatable bonds is 8. The van der Waals surface area contributed by atoms with Crippen LogP contribution in [0.1, 0.15) is 126 Å². The first-order chi connectivity index (χ1) is 13.4. The van der Waals surface area contributed by atoms with Gasteiger partial charge in [0.25, 0.3) is 0 Å². The molecule has 0 heteroatoms. The first-order valence-corrected chi connectivity index (χ1v) is 13.4. The van der Waals surface area contributed by atoms with Crippen molar-refractivity contribution in [1.29, 1.82) is 0 Å². The van der Waals surface area contributed by atoms with Gasteiger partial charge in [-0.05, 0) is 90.8 Å². The van der Waals surface area contributed by atoms with Gasteiger partial charge < -0.3 is 0 Å². The first-order valence-electron chi connectivity index (χ1n) is 13.4. The summed E-state index contributed by atoms with van der Waals surface area (Å²) in [6, 6.07) is 0. The van der Waals surface area contributed by atoms with Crippen LogP contribution >= 0.6 is 0 Å². The first kappa shape index (κ1) is 22.7. The second-order valence-corrected chi connectivity index (χ2v) is 11.9. The lowest BCUT2D eigenvalue weighted by atomic mass is 9.43. The Morgan fingerprint density at radius 3 is 2.25 bits per heavy atom. The molecule has 0 spiro atoms. The van der Waals surface area contributed by atoms with Crippen molar-refractivity contribution in [2.45, 2.75) is 126 Å². The molecule has 9 unspecified atom stereocenters. The minimum absolute atomic E-state index is 0.618. The highest BCUT2D eigenvalue weighted by Gasteiger charge is 2.61. The maximum Gasteiger partial charge on any atom is -0.0264 e. The average molecular weight is 389 g/mol. The Morgan fingerprint density at radius 2 is 1.64 bits per heavy atom. The zero-order valence-electron chi connectivity index (χ0n) is 20.5. The molecule has 9 atom stereocenters. The number of hydrogen-bond donors (Lipinski definition) is 0. The van der Waals surface area contributed by atoms with Gasteiger partial charge in [-0.15, -0.1) is 0 Å². The lowest BCUT2D eigenvalue weighted by Crippen LogP contribution is -2.55. The van der Waals surface area contributed by atoms with Gasteiger partial charge in [-0.2, -0.15) is 0 Å². The molecule has 3 rings (SSSR count).